The molecule has 3 aromatic rings. The molecule has 0 radical (unpaired) electrons. The summed E-state index contributed by atoms with van der Waals surface area (Å²) in [6, 6.07) is 15.6. The second kappa shape index (κ2) is 7.53. The molecule has 0 aliphatic carbocycles. The van der Waals surface area contributed by atoms with Crippen LogP contribution in [0.25, 0.3) is 11.3 Å². The lowest BCUT2D eigenvalue weighted by Crippen LogP contribution is -2.40. The molecule has 138 valence electrons. The fraction of sp³-hybridized carbons (Fsp3) is 0.286. The highest BCUT2D eigenvalue weighted by Crippen LogP contribution is 2.29. The Labute approximate surface area is 163 Å². The first-order valence-corrected chi connectivity index (χ1v) is 9.50. The Morgan fingerprint density at radius 1 is 1.19 bits per heavy atom. The Morgan fingerprint density at radius 3 is 2.81 bits per heavy atom. The highest BCUT2D eigenvalue weighted by Gasteiger charge is 2.27. The first-order chi connectivity index (χ1) is 13.1. The van der Waals surface area contributed by atoms with Crippen LogP contribution >= 0.6 is 11.6 Å². The standard InChI is InChI=1S/C21H21ClN4O/c1-25-20(10-11-23-25)21(27)26-12-4-6-16(14-26)19-9-3-8-18(24-19)15-5-2-7-17(22)13-15/h2-3,5,7-11,13,16H,4,6,12,14H2,1H3. The van der Waals surface area contributed by atoms with Gasteiger partial charge in [0, 0.05) is 48.5 Å². The molecule has 3 heterocycles. The number of halogens is 1. The van der Waals surface area contributed by atoms with E-state index in [1.807, 2.05) is 41.3 Å². The van der Waals surface area contributed by atoms with Crippen LogP contribution in [-0.4, -0.2) is 38.7 Å². The van der Waals surface area contributed by atoms with E-state index in [1.54, 1.807) is 24.0 Å². The zero-order valence-corrected chi connectivity index (χ0v) is 15.9. The van der Waals surface area contributed by atoms with E-state index in [2.05, 4.69) is 11.2 Å². The summed E-state index contributed by atoms with van der Waals surface area (Å²) in [5.41, 5.74) is 3.55. The van der Waals surface area contributed by atoms with Crippen molar-refractivity contribution in [3.05, 3.63) is 71.1 Å². The van der Waals surface area contributed by atoms with E-state index in [0.717, 1.165) is 36.3 Å². The zero-order chi connectivity index (χ0) is 18.8. The fourth-order valence-electron chi connectivity index (χ4n) is 3.64. The minimum atomic E-state index is 0.0331. The number of aryl methyl sites for hydroxylation is 1. The molecule has 1 saturated heterocycles. The Balaban J connectivity index is 1.56. The van der Waals surface area contributed by atoms with Crippen molar-refractivity contribution in [1.29, 1.82) is 0 Å². The van der Waals surface area contributed by atoms with Crippen molar-refractivity contribution in [1.82, 2.24) is 19.7 Å². The van der Waals surface area contributed by atoms with Crippen molar-refractivity contribution in [2.45, 2.75) is 18.8 Å². The van der Waals surface area contributed by atoms with E-state index in [4.69, 9.17) is 16.6 Å². The number of carbonyl (C=O) groups is 1. The third-order valence-corrected chi connectivity index (χ3v) is 5.29. The minimum Gasteiger partial charge on any atom is -0.337 e. The number of pyridine rings is 1. The first kappa shape index (κ1) is 17.7. The maximum absolute atomic E-state index is 12.8. The summed E-state index contributed by atoms with van der Waals surface area (Å²) in [5.74, 6) is 0.265. The maximum atomic E-state index is 12.8. The predicted octanol–water partition coefficient (Wildman–Crippen LogP) is 4.16. The van der Waals surface area contributed by atoms with Gasteiger partial charge < -0.3 is 4.90 Å². The van der Waals surface area contributed by atoms with Crippen LogP contribution in [-0.2, 0) is 7.05 Å². The van der Waals surface area contributed by atoms with Crippen LogP contribution in [0.1, 0.15) is 34.9 Å². The number of piperidine rings is 1. The number of hydrogen-bond acceptors (Lipinski definition) is 3. The van der Waals surface area contributed by atoms with Gasteiger partial charge in [0.25, 0.3) is 5.91 Å². The molecule has 27 heavy (non-hydrogen) atoms. The van der Waals surface area contributed by atoms with Gasteiger partial charge in [0.15, 0.2) is 0 Å². The predicted molar refractivity (Wildman–Crippen MR) is 106 cm³/mol. The molecule has 1 unspecified atom stereocenters. The van der Waals surface area contributed by atoms with Crippen LogP contribution < -0.4 is 0 Å². The minimum absolute atomic E-state index is 0.0331. The molecule has 6 heteroatoms. The van der Waals surface area contributed by atoms with Crippen molar-refractivity contribution >= 4 is 17.5 Å². The third-order valence-electron chi connectivity index (χ3n) is 5.06. The van der Waals surface area contributed by atoms with E-state index >= 15 is 0 Å². The number of rotatable bonds is 3. The molecular weight excluding hydrogens is 360 g/mol. The van der Waals surface area contributed by atoms with Crippen LogP contribution in [0.5, 0.6) is 0 Å². The second-order valence-electron chi connectivity index (χ2n) is 6.89. The Bertz CT molecular complexity index is 968. The third kappa shape index (κ3) is 3.74. The van der Waals surface area contributed by atoms with Crippen molar-refractivity contribution in [2.24, 2.45) is 7.05 Å². The molecule has 0 N–H and O–H groups in total. The lowest BCUT2D eigenvalue weighted by Gasteiger charge is -2.32. The summed E-state index contributed by atoms with van der Waals surface area (Å²) >= 11 is 6.12. The van der Waals surface area contributed by atoms with E-state index in [-0.39, 0.29) is 11.8 Å². The Kier molecular flexibility index (Phi) is 4.94. The van der Waals surface area contributed by atoms with E-state index in [9.17, 15) is 4.79 Å². The molecular formula is C21H21ClN4O. The summed E-state index contributed by atoms with van der Waals surface area (Å²) < 4.78 is 1.63. The van der Waals surface area contributed by atoms with Gasteiger partial charge in [-0.3, -0.25) is 14.5 Å². The number of amides is 1. The fourth-order valence-corrected chi connectivity index (χ4v) is 3.83. The van der Waals surface area contributed by atoms with Gasteiger partial charge in [-0.25, -0.2) is 0 Å². The quantitative estimate of drug-likeness (QED) is 0.685. The summed E-state index contributed by atoms with van der Waals surface area (Å²) in [5, 5.41) is 4.81. The van der Waals surface area contributed by atoms with Gasteiger partial charge in [0.05, 0.1) is 5.69 Å². The summed E-state index contributed by atoms with van der Waals surface area (Å²) in [6.45, 7) is 1.45. The van der Waals surface area contributed by atoms with Crippen LogP contribution in [0.3, 0.4) is 0 Å². The SMILES string of the molecule is Cn1nccc1C(=O)N1CCCC(c2cccc(-c3cccc(Cl)c3)n2)C1. The van der Waals surface area contributed by atoms with Crippen LogP contribution in [0, 0.1) is 0 Å². The highest BCUT2D eigenvalue weighted by molar-refractivity contribution is 6.30. The molecule has 1 aliphatic rings. The molecule has 1 fully saturated rings. The van der Waals surface area contributed by atoms with Gasteiger partial charge >= 0.3 is 0 Å². The molecule has 2 aromatic heterocycles. The zero-order valence-electron chi connectivity index (χ0n) is 15.2. The molecule has 1 atom stereocenters. The van der Waals surface area contributed by atoms with Gasteiger partial charge in [-0.15, -0.1) is 0 Å². The summed E-state index contributed by atoms with van der Waals surface area (Å²) in [6.07, 6.45) is 3.66. The highest BCUT2D eigenvalue weighted by atomic mass is 35.5. The van der Waals surface area contributed by atoms with Crippen LogP contribution in [0.15, 0.2) is 54.7 Å². The van der Waals surface area contributed by atoms with E-state index in [0.29, 0.717) is 17.3 Å². The van der Waals surface area contributed by atoms with Gasteiger partial charge in [-0.05, 0) is 43.2 Å². The van der Waals surface area contributed by atoms with Crippen molar-refractivity contribution in [3.8, 4) is 11.3 Å². The number of benzene rings is 1. The Hall–Kier alpha value is -2.66. The number of hydrogen-bond donors (Lipinski definition) is 0. The number of nitrogens with zero attached hydrogens (tertiary/aromatic N) is 4. The summed E-state index contributed by atoms with van der Waals surface area (Å²) in [4.78, 5) is 19.6. The smallest absolute Gasteiger partial charge is 0.272 e. The number of likely N-dealkylation sites (tertiary alicyclic amines) is 1. The summed E-state index contributed by atoms with van der Waals surface area (Å²) in [7, 11) is 1.80. The monoisotopic (exact) mass is 380 g/mol. The number of aromatic nitrogens is 3. The maximum Gasteiger partial charge on any atom is 0.272 e. The molecule has 0 saturated carbocycles. The van der Waals surface area contributed by atoms with Gasteiger partial charge in [0.2, 0.25) is 0 Å². The molecule has 1 aromatic carbocycles. The molecule has 1 aliphatic heterocycles. The lowest BCUT2D eigenvalue weighted by atomic mass is 9.93. The van der Waals surface area contributed by atoms with Crippen LogP contribution in [0.4, 0.5) is 0 Å². The average Bonchev–Trinajstić information content (AvgIpc) is 3.13. The Morgan fingerprint density at radius 2 is 2.04 bits per heavy atom. The normalized spacial score (nSPS) is 17.1. The molecule has 1 amide bonds. The first-order valence-electron chi connectivity index (χ1n) is 9.12. The number of carbonyl (C=O) groups excluding carboxylic acids is 1. The molecule has 0 bridgehead atoms. The molecule has 0 spiro atoms. The van der Waals surface area contributed by atoms with Crippen molar-refractivity contribution in [3.63, 3.8) is 0 Å². The van der Waals surface area contributed by atoms with Crippen molar-refractivity contribution in [2.75, 3.05) is 13.1 Å². The topological polar surface area (TPSA) is 51.0 Å². The second-order valence-corrected chi connectivity index (χ2v) is 7.32. The van der Waals surface area contributed by atoms with Crippen LogP contribution in [0.2, 0.25) is 5.02 Å². The molecule has 5 nitrogen and oxygen atoms in total. The lowest BCUT2D eigenvalue weighted by molar-refractivity contribution is 0.0694. The molecule has 4 rings (SSSR count). The average molecular weight is 381 g/mol. The van der Waals surface area contributed by atoms with Gasteiger partial charge in [-0.1, -0.05) is 29.8 Å². The largest absolute Gasteiger partial charge is 0.337 e. The van der Waals surface area contributed by atoms with Gasteiger partial charge in [0.1, 0.15) is 5.69 Å². The van der Waals surface area contributed by atoms with Gasteiger partial charge in [-0.2, -0.15) is 5.10 Å². The van der Waals surface area contributed by atoms with E-state index in [1.165, 1.54) is 0 Å². The van der Waals surface area contributed by atoms with E-state index < -0.39 is 0 Å². The van der Waals surface area contributed by atoms with Crippen molar-refractivity contribution < 1.29 is 4.79 Å².